The van der Waals surface area contributed by atoms with Crippen molar-refractivity contribution >= 4 is 44.3 Å². The fraction of sp³-hybridized carbons (Fsp3) is 0.286. The van der Waals surface area contributed by atoms with Crippen molar-refractivity contribution in [3.8, 4) is 0 Å². The predicted molar refractivity (Wildman–Crippen MR) is 86.8 cm³/mol. The van der Waals surface area contributed by atoms with E-state index in [2.05, 4.69) is 31.8 Å². The van der Waals surface area contributed by atoms with Gasteiger partial charge in [-0.1, -0.05) is 15.9 Å². The predicted octanol–water partition coefficient (Wildman–Crippen LogP) is 3.43. The smallest absolute Gasteiger partial charge is 0.426 e. The van der Waals surface area contributed by atoms with E-state index in [1.165, 1.54) is 6.20 Å². The van der Waals surface area contributed by atoms with Crippen LogP contribution in [0.5, 0.6) is 0 Å². The number of pyridine rings is 1. The molecule has 0 radical (unpaired) electrons. The molecular weight excluding hydrogens is 336 g/mol. The second-order valence-corrected chi connectivity index (χ2v) is 6.42. The van der Waals surface area contributed by atoms with Crippen molar-refractivity contribution in [2.24, 2.45) is 0 Å². The first-order chi connectivity index (χ1) is 9.76. The van der Waals surface area contributed by atoms with E-state index in [0.717, 1.165) is 15.4 Å². The first kappa shape index (κ1) is 15.4. The fourth-order valence-corrected chi connectivity index (χ4v) is 2.09. The SMILES string of the molecule is CC(C)(C)OC(=O)NNc1c(N)cnc2cc(Br)ccc12. The Kier molecular flexibility index (Phi) is 4.22. The summed E-state index contributed by atoms with van der Waals surface area (Å²) in [6.07, 6.45) is 0.956. The van der Waals surface area contributed by atoms with Gasteiger partial charge in [-0.25, -0.2) is 10.2 Å². The molecule has 0 saturated carbocycles. The molecule has 0 saturated heterocycles. The number of hydrazine groups is 1. The van der Waals surface area contributed by atoms with E-state index in [-0.39, 0.29) is 0 Å². The first-order valence-corrected chi connectivity index (χ1v) is 7.14. The Morgan fingerprint density at radius 2 is 2.10 bits per heavy atom. The van der Waals surface area contributed by atoms with Crippen molar-refractivity contribution in [1.82, 2.24) is 10.4 Å². The second kappa shape index (κ2) is 5.77. The van der Waals surface area contributed by atoms with Crippen LogP contribution in [-0.2, 0) is 4.74 Å². The Morgan fingerprint density at radius 3 is 2.76 bits per heavy atom. The molecule has 0 unspecified atom stereocenters. The Hall–Kier alpha value is -2.02. The first-order valence-electron chi connectivity index (χ1n) is 6.35. The molecule has 0 aliphatic heterocycles. The molecular formula is C14H17BrN4O2. The van der Waals surface area contributed by atoms with Gasteiger partial charge >= 0.3 is 6.09 Å². The van der Waals surface area contributed by atoms with Crippen molar-refractivity contribution in [2.45, 2.75) is 26.4 Å². The molecule has 0 aliphatic carbocycles. The normalized spacial score (nSPS) is 11.2. The summed E-state index contributed by atoms with van der Waals surface area (Å²) in [7, 11) is 0. The number of rotatable bonds is 2. The van der Waals surface area contributed by atoms with Crippen molar-refractivity contribution < 1.29 is 9.53 Å². The molecule has 0 spiro atoms. The summed E-state index contributed by atoms with van der Waals surface area (Å²) >= 11 is 3.39. The number of hydrogen-bond donors (Lipinski definition) is 3. The second-order valence-electron chi connectivity index (χ2n) is 5.50. The highest BCUT2D eigenvalue weighted by atomic mass is 79.9. The van der Waals surface area contributed by atoms with E-state index < -0.39 is 11.7 Å². The topological polar surface area (TPSA) is 89.3 Å². The maximum atomic E-state index is 11.7. The third-order valence-electron chi connectivity index (χ3n) is 2.55. The number of benzene rings is 1. The summed E-state index contributed by atoms with van der Waals surface area (Å²) in [5, 5.41) is 0.800. The maximum absolute atomic E-state index is 11.7. The van der Waals surface area contributed by atoms with Crippen molar-refractivity contribution in [3.63, 3.8) is 0 Å². The fourth-order valence-electron chi connectivity index (χ4n) is 1.74. The van der Waals surface area contributed by atoms with Gasteiger partial charge in [-0.15, -0.1) is 0 Å². The monoisotopic (exact) mass is 352 g/mol. The van der Waals surface area contributed by atoms with Crippen LogP contribution in [-0.4, -0.2) is 16.7 Å². The largest absolute Gasteiger partial charge is 0.443 e. The minimum atomic E-state index is -0.580. The van der Waals surface area contributed by atoms with Crippen LogP contribution >= 0.6 is 15.9 Å². The lowest BCUT2D eigenvalue weighted by Crippen LogP contribution is -2.36. The Morgan fingerprint density at radius 1 is 1.38 bits per heavy atom. The summed E-state index contributed by atoms with van der Waals surface area (Å²) in [5.41, 5.74) is 12.4. The third-order valence-corrected chi connectivity index (χ3v) is 3.04. The van der Waals surface area contributed by atoms with Gasteiger partial charge in [-0.2, -0.15) is 0 Å². The van der Waals surface area contributed by atoms with E-state index >= 15 is 0 Å². The van der Waals surface area contributed by atoms with Gasteiger partial charge in [-0.3, -0.25) is 10.4 Å². The molecule has 2 aromatic rings. The molecule has 1 aromatic heterocycles. The molecule has 0 bridgehead atoms. The number of aromatic nitrogens is 1. The molecule has 1 aromatic carbocycles. The van der Waals surface area contributed by atoms with Gasteiger partial charge in [0.15, 0.2) is 0 Å². The quantitative estimate of drug-likeness (QED) is 0.720. The molecule has 0 atom stereocenters. The van der Waals surface area contributed by atoms with Crippen LogP contribution in [0.15, 0.2) is 28.9 Å². The molecule has 1 amide bonds. The van der Waals surface area contributed by atoms with Crippen LogP contribution in [0, 0.1) is 0 Å². The Balaban J connectivity index is 2.22. The number of ether oxygens (including phenoxy) is 1. The molecule has 6 nitrogen and oxygen atoms in total. The van der Waals surface area contributed by atoms with Crippen LogP contribution in [0.1, 0.15) is 20.8 Å². The van der Waals surface area contributed by atoms with Crippen molar-refractivity contribution in [1.29, 1.82) is 0 Å². The molecule has 112 valence electrons. The average Bonchev–Trinajstić information content (AvgIpc) is 2.35. The van der Waals surface area contributed by atoms with E-state index in [9.17, 15) is 4.79 Å². The zero-order valence-electron chi connectivity index (χ0n) is 12.0. The number of carbonyl (C=O) groups is 1. The third kappa shape index (κ3) is 3.98. The minimum absolute atomic E-state index is 0.431. The Labute approximate surface area is 131 Å². The summed E-state index contributed by atoms with van der Waals surface area (Å²) in [5.74, 6) is 0. The van der Waals surface area contributed by atoms with Crippen LogP contribution in [0.3, 0.4) is 0 Å². The van der Waals surface area contributed by atoms with Crippen LogP contribution < -0.4 is 16.6 Å². The van der Waals surface area contributed by atoms with E-state index in [0.29, 0.717) is 11.4 Å². The summed E-state index contributed by atoms with van der Waals surface area (Å²) < 4.78 is 6.07. The highest BCUT2D eigenvalue weighted by molar-refractivity contribution is 9.10. The van der Waals surface area contributed by atoms with E-state index in [4.69, 9.17) is 10.5 Å². The highest BCUT2D eigenvalue weighted by Crippen LogP contribution is 2.29. The molecule has 21 heavy (non-hydrogen) atoms. The zero-order valence-corrected chi connectivity index (χ0v) is 13.6. The number of nitrogens with one attached hydrogen (secondary N) is 2. The number of carbonyl (C=O) groups excluding carboxylic acids is 1. The standard InChI is InChI=1S/C14H17BrN4O2/c1-14(2,3)21-13(20)19-18-12-9-5-4-8(15)6-11(9)17-7-10(12)16/h4-7H,16H2,1-3H3,(H,17,18)(H,19,20). The van der Waals surface area contributed by atoms with Crippen LogP contribution in [0.25, 0.3) is 10.9 Å². The molecule has 0 aliphatic rings. The van der Waals surface area contributed by atoms with Gasteiger partial charge in [0.1, 0.15) is 5.60 Å². The van der Waals surface area contributed by atoms with Crippen molar-refractivity contribution in [2.75, 3.05) is 11.2 Å². The number of hydrogen-bond acceptors (Lipinski definition) is 5. The number of amides is 1. The lowest BCUT2D eigenvalue weighted by molar-refractivity contribution is 0.0541. The minimum Gasteiger partial charge on any atom is -0.443 e. The summed E-state index contributed by atoms with van der Waals surface area (Å²) in [6.45, 7) is 5.38. The molecule has 7 heteroatoms. The van der Waals surface area contributed by atoms with E-state index in [1.54, 1.807) is 20.8 Å². The zero-order chi connectivity index (χ0) is 15.6. The number of nitrogens with two attached hydrogens (primary N) is 1. The number of halogens is 1. The summed E-state index contributed by atoms with van der Waals surface area (Å²) in [4.78, 5) is 15.9. The maximum Gasteiger partial charge on any atom is 0.426 e. The highest BCUT2D eigenvalue weighted by Gasteiger charge is 2.16. The number of nitrogens with zero attached hydrogens (tertiary/aromatic N) is 1. The average molecular weight is 353 g/mol. The molecule has 4 N–H and O–H groups in total. The Bertz CT molecular complexity index is 682. The molecule has 2 rings (SSSR count). The van der Waals surface area contributed by atoms with Gasteiger partial charge in [0.2, 0.25) is 0 Å². The number of anilines is 2. The number of fused-ring (bicyclic) bond motifs is 1. The molecule has 0 fully saturated rings. The summed E-state index contributed by atoms with van der Waals surface area (Å²) in [6, 6.07) is 5.61. The van der Waals surface area contributed by atoms with Gasteiger partial charge in [0.05, 0.1) is 23.1 Å². The van der Waals surface area contributed by atoms with Gasteiger partial charge in [0.25, 0.3) is 0 Å². The van der Waals surface area contributed by atoms with E-state index in [1.807, 2.05) is 18.2 Å². The molecule has 1 heterocycles. The number of nitrogen functional groups attached to an aromatic ring is 1. The van der Waals surface area contributed by atoms with Gasteiger partial charge in [-0.05, 0) is 39.0 Å². The van der Waals surface area contributed by atoms with Crippen LogP contribution in [0.4, 0.5) is 16.2 Å². The van der Waals surface area contributed by atoms with Crippen LogP contribution in [0.2, 0.25) is 0 Å². The van der Waals surface area contributed by atoms with Crippen molar-refractivity contribution in [3.05, 3.63) is 28.9 Å². The van der Waals surface area contributed by atoms with Gasteiger partial charge in [0, 0.05) is 9.86 Å². The lowest BCUT2D eigenvalue weighted by Gasteiger charge is -2.20. The van der Waals surface area contributed by atoms with Gasteiger partial charge < -0.3 is 10.5 Å². The lowest BCUT2D eigenvalue weighted by atomic mass is 10.2.